The summed E-state index contributed by atoms with van der Waals surface area (Å²) in [4.78, 5) is 11.9. The highest BCUT2D eigenvalue weighted by Gasteiger charge is 2.33. The van der Waals surface area contributed by atoms with Gasteiger partial charge in [-0.3, -0.25) is 4.79 Å². The van der Waals surface area contributed by atoms with Crippen molar-refractivity contribution >= 4 is 31.7 Å². The summed E-state index contributed by atoms with van der Waals surface area (Å²) < 4.78 is 22.6. The van der Waals surface area contributed by atoms with E-state index in [0.29, 0.717) is 24.8 Å². The van der Waals surface area contributed by atoms with Gasteiger partial charge in [-0.15, -0.1) is 0 Å². The lowest BCUT2D eigenvalue weighted by molar-refractivity contribution is -0.124. The third-order valence-electron chi connectivity index (χ3n) is 4.16. The zero-order valence-electron chi connectivity index (χ0n) is 10.4. The van der Waals surface area contributed by atoms with Crippen molar-refractivity contribution in [2.45, 2.75) is 25.7 Å². The molecule has 3 atom stereocenters. The molecule has 1 heterocycles. The number of amides is 1. The molecule has 1 aliphatic carbocycles. The molecule has 0 spiro atoms. The molecule has 18 heavy (non-hydrogen) atoms. The van der Waals surface area contributed by atoms with Crippen molar-refractivity contribution < 1.29 is 13.2 Å². The zero-order chi connectivity index (χ0) is 13.2. The fourth-order valence-corrected chi connectivity index (χ4v) is 5.56. The van der Waals surface area contributed by atoms with Gasteiger partial charge in [-0.1, -0.05) is 22.4 Å². The summed E-state index contributed by atoms with van der Waals surface area (Å²) >= 11 is 3.51. The Morgan fingerprint density at radius 1 is 1.22 bits per heavy atom. The number of halogens is 1. The third-order valence-corrected chi connectivity index (χ3v) is 6.76. The Morgan fingerprint density at radius 3 is 2.56 bits per heavy atom. The summed E-state index contributed by atoms with van der Waals surface area (Å²) in [5.41, 5.74) is 0. The second-order valence-corrected chi connectivity index (χ2v) is 8.33. The fraction of sp³-hybridized carbons (Fsp3) is 0.917. The van der Waals surface area contributed by atoms with Crippen LogP contribution in [0.15, 0.2) is 0 Å². The first-order valence-electron chi connectivity index (χ1n) is 6.56. The predicted octanol–water partition coefficient (Wildman–Crippen LogP) is 1.35. The van der Waals surface area contributed by atoms with E-state index in [-0.39, 0.29) is 23.3 Å². The fourth-order valence-electron chi connectivity index (χ4n) is 2.96. The molecule has 1 amide bonds. The van der Waals surface area contributed by atoms with Gasteiger partial charge < -0.3 is 5.32 Å². The maximum absolute atomic E-state index is 11.9. The van der Waals surface area contributed by atoms with Crippen molar-refractivity contribution in [3.63, 3.8) is 0 Å². The highest BCUT2D eigenvalue weighted by molar-refractivity contribution is 9.09. The summed E-state index contributed by atoms with van der Waals surface area (Å²) in [6.45, 7) is 0.700. The number of hydrogen-bond acceptors (Lipinski definition) is 3. The number of carbonyl (C=O) groups excluding carboxylic acids is 1. The molecule has 2 fully saturated rings. The van der Waals surface area contributed by atoms with Gasteiger partial charge in [0.15, 0.2) is 9.84 Å². The van der Waals surface area contributed by atoms with Gasteiger partial charge in [0, 0.05) is 11.9 Å². The summed E-state index contributed by atoms with van der Waals surface area (Å²) in [5, 5.41) is 3.94. The molecule has 2 aliphatic rings. The molecule has 3 unspecified atom stereocenters. The highest BCUT2D eigenvalue weighted by Crippen LogP contribution is 2.32. The van der Waals surface area contributed by atoms with Crippen molar-refractivity contribution in [3.8, 4) is 0 Å². The number of rotatable bonds is 4. The molecule has 0 aromatic heterocycles. The maximum atomic E-state index is 11.9. The summed E-state index contributed by atoms with van der Waals surface area (Å²) in [5.74, 6) is 1.00. The first kappa shape index (κ1) is 14.3. The Balaban J connectivity index is 1.78. The zero-order valence-corrected chi connectivity index (χ0v) is 12.8. The van der Waals surface area contributed by atoms with Gasteiger partial charge in [-0.2, -0.15) is 0 Å². The first-order chi connectivity index (χ1) is 8.52. The molecular formula is C12H20BrNO3S. The predicted molar refractivity (Wildman–Crippen MR) is 74.4 cm³/mol. The number of alkyl halides is 1. The molecule has 104 valence electrons. The molecule has 0 radical (unpaired) electrons. The number of carbonyl (C=O) groups is 1. The monoisotopic (exact) mass is 337 g/mol. The summed E-state index contributed by atoms with van der Waals surface area (Å²) in [6, 6.07) is 0. The lowest BCUT2D eigenvalue weighted by Gasteiger charge is -2.18. The van der Waals surface area contributed by atoms with Gasteiger partial charge in [-0.25, -0.2) is 8.42 Å². The van der Waals surface area contributed by atoms with Crippen LogP contribution in [-0.4, -0.2) is 37.7 Å². The number of sulfone groups is 1. The van der Waals surface area contributed by atoms with Gasteiger partial charge >= 0.3 is 0 Å². The van der Waals surface area contributed by atoms with Crippen molar-refractivity contribution in [1.29, 1.82) is 0 Å². The molecule has 2 rings (SSSR count). The van der Waals surface area contributed by atoms with Crippen LogP contribution in [0.1, 0.15) is 25.7 Å². The van der Waals surface area contributed by atoms with E-state index in [2.05, 4.69) is 21.2 Å². The molecule has 0 bridgehead atoms. The minimum Gasteiger partial charge on any atom is -0.356 e. The van der Waals surface area contributed by atoms with Crippen molar-refractivity contribution in [1.82, 2.24) is 5.32 Å². The lowest BCUT2D eigenvalue weighted by atomic mass is 9.98. The average Bonchev–Trinajstić information content (AvgIpc) is 2.91. The molecule has 1 aliphatic heterocycles. The Bertz CT molecular complexity index is 410. The van der Waals surface area contributed by atoms with Crippen LogP contribution in [0.4, 0.5) is 0 Å². The van der Waals surface area contributed by atoms with Crippen LogP contribution in [-0.2, 0) is 14.6 Å². The van der Waals surface area contributed by atoms with Crippen molar-refractivity contribution in [2.24, 2.45) is 17.8 Å². The van der Waals surface area contributed by atoms with Crippen LogP contribution < -0.4 is 5.32 Å². The summed E-state index contributed by atoms with van der Waals surface area (Å²) in [6.07, 6.45) is 4.11. The van der Waals surface area contributed by atoms with Gasteiger partial charge in [0.05, 0.1) is 17.4 Å². The first-order valence-corrected chi connectivity index (χ1v) is 9.50. The standard InChI is InChI=1S/C12H20BrNO3S/c13-6-9-2-1-3-10(9)7-14-12(15)11-4-5-18(16,17)8-11/h9-11H,1-8H2,(H,14,15). The molecule has 0 aromatic rings. The van der Waals surface area contributed by atoms with E-state index in [1.54, 1.807) is 0 Å². The topological polar surface area (TPSA) is 63.2 Å². The summed E-state index contributed by atoms with van der Waals surface area (Å²) in [7, 11) is -2.96. The minimum atomic E-state index is -2.96. The van der Waals surface area contributed by atoms with E-state index in [1.165, 1.54) is 19.3 Å². The third kappa shape index (κ3) is 3.47. The van der Waals surface area contributed by atoms with Crippen LogP contribution in [0, 0.1) is 17.8 Å². The maximum Gasteiger partial charge on any atom is 0.224 e. The molecule has 1 saturated heterocycles. The molecular weight excluding hydrogens is 318 g/mol. The molecule has 4 nitrogen and oxygen atoms in total. The SMILES string of the molecule is O=C(NCC1CCCC1CBr)C1CCS(=O)(=O)C1. The van der Waals surface area contributed by atoms with Crippen LogP contribution in [0.3, 0.4) is 0 Å². The molecule has 1 N–H and O–H groups in total. The van der Waals surface area contributed by atoms with Crippen molar-refractivity contribution in [3.05, 3.63) is 0 Å². The van der Waals surface area contributed by atoms with Crippen LogP contribution >= 0.6 is 15.9 Å². The van der Waals surface area contributed by atoms with Crippen molar-refractivity contribution in [2.75, 3.05) is 23.4 Å². The molecule has 6 heteroatoms. The van der Waals surface area contributed by atoms with Gasteiger partial charge in [0.25, 0.3) is 0 Å². The van der Waals surface area contributed by atoms with Gasteiger partial charge in [0.1, 0.15) is 0 Å². The Labute approximate surface area is 117 Å². The molecule has 1 saturated carbocycles. The Morgan fingerprint density at radius 2 is 1.94 bits per heavy atom. The van der Waals surface area contributed by atoms with E-state index in [4.69, 9.17) is 0 Å². The number of hydrogen-bond donors (Lipinski definition) is 1. The van der Waals surface area contributed by atoms with Crippen LogP contribution in [0.25, 0.3) is 0 Å². The Hall–Kier alpha value is -0.100. The Kier molecular flexibility index (Phi) is 4.69. The highest BCUT2D eigenvalue weighted by atomic mass is 79.9. The van der Waals surface area contributed by atoms with Gasteiger partial charge in [0.2, 0.25) is 5.91 Å². The normalized spacial score (nSPS) is 34.6. The van der Waals surface area contributed by atoms with E-state index in [1.807, 2.05) is 0 Å². The quantitative estimate of drug-likeness (QED) is 0.787. The van der Waals surface area contributed by atoms with E-state index < -0.39 is 9.84 Å². The van der Waals surface area contributed by atoms with Crippen LogP contribution in [0.5, 0.6) is 0 Å². The largest absolute Gasteiger partial charge is 0.356 e. The van der Waals surface area contributed by atoms with Crippen LogP contribution in [0.2, 0.25) is 0 Å². The molecule has 0 aromatic carbocycles. The van der Waals surface area contributed by atoms with Gasteiger partial charge in [-0.05, 0) is 31.1 Å². The minimum absolute atomic E-state index is 0.0331. The second-order valence-electron chi connectivity index (χ2n) is 5.45. The van der Waals surface area contributed by atoms with E-state index in [0.717, 1.165) is 5.33 Å². The smallest absolute Gasteiger partial charge is 0.224 e. The second kappa shape index (κ2) is 5.90. The number of nitrogens with one attached hydrogen (secondary N) is 1. The van der Waals surface area contributed by atoms with E-state index >= 15 is 0 Å². The van der Waals surface area contributed by atoms with E-state index in [9.17, 15) is 13.2 Å². The lowest BCUT2D eigenvalue weighted by Crippen LogP contribution is -2.36. The average molecular weight is 338 g/mol.